The molecule has 0 bridgehead atoms. The monoisotopic (exact) mass is 250 g/mol. The SMILES string of the molecule is NC(=O)C1CCN(c2cc(N)cc([N+](=O)[O-])c2)C1. The van der Waals surface area contributed by atoms with E-state index < -0.39 is 4.92 Å². The molecular formula is C11H14N4O3. The van der Waals surface area contributed by atoms with Gasteiger partial charge in [0, 0.05) is 36.6 Å². The van der Waals surface area contributed by atoms with E-state index in [0.29, 0.717) is 30.9 Å². The molecular weight excluding hydrogens is 236 g/mol. The Hall–Kier alpha value is -2.31. The molecule has 1 aliphatic rings. The van der Waals surface area contributed by atoms with Gasteiger partial charge in [-0.3, -0.25) is 14.9 Å². The molecule has 1 aromatic rings. The number of nitro benzene ring substituents is 1. The zero-order chi connectivity index (χ0) is 13.3. The van der Waals surface area contributed by atoms with E-state index in [1.54, 1.807) is 6.07 Å². The number of carbonyl (C=O) groups is 1. The van der Waals surface area contributed by atoms with Crippen molar-refractivity contribution in [1.29, 1.82) is 0 Å². The minimum absolute atomic E-state index is 0.0486. The Kier molecular flexibility index (Phi) is 3.05. The first kappa shape index (κ1) is 12.2. The van der Waals surface area contributed by atoms with E-state index in [1.807, 2.05) is 4.90 Å². The molecule has 18 heavy (non-hydrogen) atoms. The van der Waals surface area contributed by atoms with Crippen molar-refractivity contribution >= 4 is 23.0 Å². The first-order valence-corrected chi connectivity index (χ1v) is 5.56. The van der Waals surface area contributed by atoms with Gasteiger partial charge in [0.05, 0.1) is 10.8 Å². The van der Waals surface area contributed by atoms with E-state index >= 15 is 0 Å². The topological polar surface area (TPSA) is 115 Å². The standard InChI is InChI=1S/C11H14N4O3/c12-8-3-9(5-10(4-8)15(17)18)14-2-1-7(6-14)11(13)16/h3-5,7H,1-2,6,12H2,(H2,13,16). The Bertz CT molecular complexity index is 503. The number of anilines is 2. The van der Waals surface area contributed by atoms with Gasteiger partial charge in [-0.2, -0.15) is 0 Å². The molecule has 1 amide bonds. The number of nitro groups is 1. The summed E-state index contributed by atoms with van der Waals surface area (Å²) in [6, 6.07) is 4.43. The molecule has 1 heterocycles. The molecule has 1 atom stereocenters. The number of non-ortho nitro benzene ring substituents is 1. The fourth-order valence-electron chi connectivity index (χ4n) is 2.13. The lowest BCUT2D eigenvalue weighted by Crippen LogP contribution is -2.27. The molecule has 1 unspecified atom stereocenters. The molecule has 96 valence electrons. The Morgan fingerprint density at radius 2 is 2.17 bits per heavy atom. The maximum Gasteiger partial charge on any atom is 0.273 e. The van der Waals surface area contributed by atoms with Gasteiger partial charge in [-0.15, -0.1) is 0 Å². The zero-order valence-corrected chi connectivity index (χ0v) is 9.70. The largest absolute Gasteiger partial charge is 0.398 e. The summed E-state index contributed by atoms with van der Waals surface area (Å²) in [4.78, 5) is 23.2. The molecule has 1 fully saturated rings. The lowest BCUT2D eigenvalue weighted by Gasteiger charge is -2.18. The number of nitrogens with two attached hydrogens (primary N) is 2. The normalized spacial score (nSPS) is 18.9. The number of rotatable bonds is 3. The summed E-state index contributed by atoms with van der Waals surface area (Å²) in [5, 5.41) is 10.8. The molecule has 1 saturated heterocycles. The molecule has 7 heteroatoms. The van der Waals surface area contributed by atoms with E-state index in [0.717, 1.165) is 0 Å². The third-order valence-electron chi connectivity index (χ3n) is 3.09. The van der Waals surface area contributed by atoms with Gasteiger partial charge in [0.2, 0.25) is 5.91 Å². The van der Waals surface area contributed by atoms with Gasteiger partial charge in [-0.05, 0) is 12.5 Å². The van der Waals surface area contributed by atoms with Gasteiger partial charge in [-0.1, -0.05) is 0 Å². The molecule has 0 aromatic heterocycles. The highest BCUT2D eigenvalue weighted by atomic mass is 16.6. The number of nitrogens with zero attached hydrogens (tertiary/aromatic N) is 2. The maximum atomic E-state index is 11.1. The molecule has 0 saturated carbocycles. The predicted molar refractivity (Wildman–Crippen MR) is 67.0 cm³/mol. The van der Waals surface area contributed by atoms with Crippen molar-refractivity contribution in [3.63, 3.8) is 0 Å². The van der Waals surface area contributed by atoms with Crippen LogP contribution in [-0.4, -0.2) is 23.9 Å². The van der Waals surface area contributed by atoms with Gasteiger partial charge in [0.25, 0.3) is 5.69 Å². The highest BCUT2D eigenvalue weighted by molar-refractivity contribution is 5.78. The maximum absolute atomic E-state index is 11.1. The summed E-state index contributed by atoms with van der Waals surface area (Å²) < 4.78 is 0. The van der Waals surface area contributed by atoms with Crippen molar-refractivity contribution in [2.45, 2.75) is 6.42 Å². The Morgan fingerprint density at radius 3 is 2.72 bits per heavy atom. The van der Waals surface area contributed by atoms with Crippen LogP contribution in [0.4, 0.5) is 17.1 Å². The lowest BCUT2D eigenvalue weighted by molar-refractivity contribution is -0.384. The van der Waals surface area contributed by atoms with Crippen LogP contribution in [0, 0.1) is 16.0 Å². The van der Waals surface area contributed by atoms with Gasteiger partial charge in [0.15, 0.2) is 0 Å². The number of nitrogen functional groups attached to an aromatic ring is 1. The number of hydrogen-bond acceptors (Lipinski definition) is 5. The van der Waals surface area contributed by atoms with E-state index in [9.17, 15) is 14.9 Å². The smallest absolute Gasteiger partial charge is 0.273 e. The van der Waals surface area contributed by atoms with Crippen molar-refractivity contribution in [2.24, 2.45) is 11.7 Å². The lowest BCUT2D eigenvalue weighted by atomic mass is 10.1. The Balaban J connectivity index is 2.24. The Morgan fingerprint density at radius 1 is 1.44 bits per heavy atom. The summed E-state index contributed by atoms with van der Waals surface area (Å²) >= 11 is 0. The molecule has 2 rings (SSSR count). The second-order valence-corrected chi connectivity index (χ2v) is 4.37. The molecule has 7 nitrogen and oxygen atoms in total. The third-order valence-corrected chi connectivity index (χ3v) is 3.09. The van der Waals surface area contributed by atoms with Crippen molar-refractivity contribution in [3.05, 3.63) is 28.3 Å². The van der Waals surface area contributed by atoms with E-state index in [2.05, 4.69) is 0 Å². The van der Waals surface area contributed by atoms with Crippen LogP contribution in [0.5, 0.6) is 0 Å². The zero-order valence-electron chi connectivity index (χ0n) is 9.70. The van der Waals surface area contributed by atoms with Crippen LogP contribution in [0.1, 0.15) is 6.42 Å². The summed E-state index contributed by atoms with van der Waals surface area (Å²) in [7, 11) is 0. The van der Waals surface area contributed by atoms with E-state index in [1.165, 1.54) is 12.1 Å². The summed E-state index contributed by atoms with van der Waals surface area (Å²) in [6.07, 6.45) is 0.665. The summed E-state index contributed by atoms with van der Waals surface area (Å²) in [5.41, 5.74) is 11.8. The molecule has 1 aromatic carbocycles. The first-order valence-electron chi connectivity index (χ1n) is 5.56. The first-order chi connectivity index (χ1) is 8.47. The fraction of sp³-hybridized carbons (Fsp3) is 0.364. The number of hydrogen-bond donors (Lipinski definition) is 2. The summed E-state index contributed by atoms with van der Waals surface area (Å²) in [6.45, 7) is 1.13. The molecule has 0 radical (unpaired) electrons. The van der Waals surface area contributed by atoms with E-state index in [4.69, 9.17) is 11.5 Å². The molecule has 0 spiro atoms. The van der Waals surface area contributed by atoms with Crippen molar-refractivity contribution in [3.8, 4) is 0 Å². The minimum Gasteiger partial charge on any atom is -0.398 e. The molecule has 4 N–H and O–H groups in total. The van der Waals surface area contributed by atoms with Gasteiger partial charge >= 0.3 is 0 Å². The van der Waals surface area contributed by atoms with Gasteiger partial charge in [-0.25, -0.2) is 0 Å². The van der Waals surface area contributed by atoms with Crippen LogP contribution < -0.4 is 16.4 Å². The average molecular weight is 250 g/mol. The van der Waals surface area contributed by atoms with Crippen LogP contribution >= 0.6 is 0 Å². The number of benzene rings is 1. The van der Waals surface area contributed by atoms with Crippen LogP contribution in [-0.2, 0) is 4.79 Å². The number of primary amides is 1. The number of amides is 1. The van der Waals surface area contributed by atoms with Crippen molar-refractivity contribution in [2.75, 3.05) is 23.7 Å². The Labute approximate surface area is 104 Å². The van der Waals surface area contributed by atoms with Gasteiger partial charge in [0.1, 0.15) is 0 Å². The van der Waals surface area contributed by atoms with Gasteiger partial charge < -0.3 is 16.4 Å². The van der Waals surface area contributed by atoms with Crippen LogP contribution in [0.25, 0.3) is 0 Å². The molecule has 0 aliphatic carbocycles. The van der Waals surface area contributed by atoms with E-state index in [-0.39, 0.29) is 17.5 Å². The second kappa shape index (κ2) is 4.52. The average Bonchev–Trinajstić information content (AvgIpc) is 2.77. The van der Waals surface area contributed by atoms with Crippen LogP contribution in [0.3, 0.4) is 0 Å². The highest BCUT2D eigenvalue weighted by Crippen LogP contribution is 2.29. The predicted octanol–water partition coefficient (Wildman–Crippen LogP) is 0.489. The fourth-order valence-corrected chi connectivity index (χ4v) is 2.13. The summed E-state index contributed by atoms with van der Waals surface area (Å²) in [5.74, 6) is -0.540. The van der Waals surface area contributed by atoms with Crippen LogP contribution in [0.15, 0.2) is 18.2 Å². The quantitative estimate of drug-likeness (QED) is 0.460. The number of carbonyl (C=O) groups excluding carboxylic acids is 1. The van der Waals surface area contributed by atoms with Crippen LogP contribution in [0.2, 0.25) is 0 Å². The molecule has 1 aliphatic heterocycles. The third kappa shape index (κ3) is 2.34. The highest BCUT2D eigenvalue weighted by Gasteiger charge is 2.27. The minimum atomic E-state index is -0.485. The second-order valence-electron chi connectivity index (χ2n) is 4.37. The van der Waals surface area contributed by atoms with Crippen molar-refractivity contribution in [1.82, 2.24) is 0 Å². The van der Waals surface area contributed by atoms with Crippen molar-refractivity contribution < 1.29 is 9.72 Å².